The van der Waals surface area contributed by atoms with Crippen LogP contribution in [0, 0.1) is 11.3 Å². The van der Waals surface area contributed by atoms with Crippen LogP contribution >= 0.6 is 11.3 Å². The topological polar surface area (TPSA) is 73.2 Å². The lowest BCUT2D eigenvalue weighted by Crippen LogP contribution is -2.44. The van der Waals surface area contributed by atoms with Gasteiger partial charge in [0.2, 0.25) is 0 Å². The number of nitrogens with zero attached hydrogens (tertiary/aromatic N) is 2. The first-order valence-corrected chi connectivity index (χ1v) is 8.96. The molecule has 1 fully saturated rings. The van der Waals surface area contributed by atoms with E-state index in [1.54, 1.807) is 6.07 Å². The Bertz CT molecular complexity index is 595. The van der Waals surface area contributed by atoms with Gasteiger partial charge in [-0.2, -0.15) is 9.57 Å². The molecular weight excluding hydrogens is 294 g/mol. The van der Waals surface area contributed by atoms with Crippen LogP contribution in [0.5, 0.6) is 0 Å². The van der Waals surface area contributed by atoms with E-state index in [9.17, 15) is 8.42 Å². The van der Waals surface area contributed by atoms with Crippen molar-refractivity contribution in [3.63, 3.8) is 0 Å². The lowest BCUT2D eigenvalue weighted by atomic mass is 10.2. The summed E-state index contributed by atoms with van der Waals surface area (Å²) in [6, 6.07) is 5.19. The maximum absolute atomic E-state index is 12.7. The molecule has 0 radical (unpaired) electrons. The average molecular weight is 313 g/mol. The number of sulfonamides is 1. The summed E-state index contributed by atoms with van der Waals surface area (Å²) in [4.78, 5) is 0.422. The summed E-state index contributed by atoms with van der Waals surface area (Å²) in [6.45, 7) is 5.20. The van der Waals surface area contributed by atoms with Crippen molar-refractivity contribution in [2.75, 3.05) is 13.1 Å². The molecule has 0 aromatic carbocycles. The molecule has 1 atom stereocenters. The summed E-state index contributed by atoms with van der Waals surface area (Å²) < 4.78 is 27.2. The first-order chi connectivity index (χ1) is 9.45. The second-order valence-electron chi connectivity index (χ2n) is 5.19. The van der Waals surface area contributed by atoms with Crippen molar-refractivity contribution < 1.29 is 8.42 Å². The highest BCUT2D eigenvalue weighted by atomic mass is 32.2. The SMILES string of the molecule is CC(C)N(CC1CCCN1)S(=O)(=O)c1ccc(C#N)s1. The van der Waals surface area contributed by atoms with Gasteiger partial charge in [0.05, 0.1) is 0 Å². The zero-order valence-corrected chi connectivity index (χ0v) is 13.3. The van der Waals surface area contributed by atoms with Crippen molar-refractivity contribution in [3.05, 3.63) is 17.0 Å². The molecule has 1 saturated heterocycles. The van der Waals surface area contributed by atoms with Gasteiger partial charge >= 0.3 is 0 Å². The zero-order chi connectivity index (χ0) is 14.8. The Labute approximate surface area is 124 Å². The monoisotopic (exact) mass is 313 g/mol. The lowest BCUT2D eigenvalue weighted by molar-refractivity contribution is 0.323. The standard InChI is InChI=1S/C13H19N3O2S2/c1-10(2)16(9-11-4-3-7-15-11)20(17,18)13-6-5-12(8-14)19-13/h5-6,10-11,15H,3-4,7,9H2,1-2H3. The van der Waals surface area contributed by atoms with Gasteiger partial charge in [-0.3, -0.25) is 0 Å². The fourth-order valence-corrected chi connectivity index (χ4v) is 5.27. The Kier molecular flexibility index (Phi) is 4.81. The van der Waals surface area contributed by atoms with Crippen LogP contribution in [0.4, 0.5) is 0 Å². The van der Waals surface area contributed by atoms with Crippen molar-refractivity contribution in [3.8, 4) is 6.07 Å². The molecule has 2 rings (SSSR count). The molecule has 0 amide bonds. The van der Waals surface area contributed by atoms with E-state index < -0.39 is 10.0 Å². The van der Waals surface area contributed by atoms with Crippen molar-refractivity contribution >= 4 is 21.4 Å². The minimum Gasteiger partial charge on any atom is -0.313 e. The molecule has 1 aliphatic rings. The van der Waals surface area contributed by atoms with Crippen LogP contribution in [0.25, 0.3) is 0 Å². The van der Waals surface area contributed by atoms with Crippen LogP contribution in [0.15, 0.2) is 16.3 Å². The van der Waals surface area contributed by atoms with E-state index in [-0.39, 0.29) is 16.3 Å². The number of thiophene rings is 1. The highest BCUT2D eigenvalue weighted by Crippen LogP contribution is 2.26. The summed E-state index contributed by atoms with van der Waals surface area (Å²) in [6.07, 6.45) is 2.10. The summed E-state index contributed by atoms with van der Waals surface area (Å²) in [5, 5.41) is 12.2. The van der Waals surface area contributed by atoms with Gasteiger partial charge < -0.3 is 5.32 Å². The van der Waals surface area contributed by atoms with E-state index in [0.29, 0.717) is 11.4 Å². The van der Waals surface area contributed by atoms with Gasteiger partial charge in [-0.15, -0.1) is 11.3 Å². The third-order valence-corrected chi connectivity index (χ3v) is 6.89. The van der Waals surface area contributed by atoms with E-state index in [2.05, 4.69) is 5.32 Å². The molecular formula is C13H19N3O2S2. The van der Waals surface area contributed by atoms with Gasteiger partial charge in [-0.1, -0.05) is 0 Å². The van der Waals surface area contributed by atoms with Crippen LogP contribution in [-0.2, 0) is 10.0 Å². The molecule has 0 spiro atoms. The molecule has 0 saturated carbocycles. The van der Waals surface area contributed by atoms with Crippen molar-refractivity contribution in [2.24, 2.45) is 0 Å². The molecule has 1 unspecified atom stereocenters. The molecule has 0 bridgehead atoms. The highest BCUT2D eigenvalue weighted by molar-refractivity contribution is 7.91. The van der Waals surface area contributed by atoms with E-state index in [1.165, 1.54) is 10.4 Å². The summed E-state index contributed by atoms with van der Waals surface area (Å²) in [5.74, 6) is 0. The highest BCUT2D eigenvalue weighted by Gasteiger charge is 2.31. The molecule has 7 heteroatoms. The zero-order valence-electron chi connectivity index (χ0n) is 11.7. The van der Waals surface area contributed by atoms with E-state index >= 15 is 0 Å². The second-order valence-corrected chi connectivity index (χ2v) is 8.39. The van der Waals surface area contributed by atoms with Gasteiger partial charge in [0.15, 0.2) is 0 Å². The smallest absolute Gasteiger partial charge is 0.252 e. The normalized spacial score (nSPS) is 19.6. The maximum atomic E-state index is 12.7. The Balaban J connectivity index is 2.24. The van der Waals surface area contributed by atoms with Gasteiger partial charge in [0.25, 0.3) is 10.0 Å². The van der Waals surface area contributed by atoms with Crippen LogP contribution in [0.1, 0.15) is 31.6 Å². The van der Waals surface area contributed by atoms with E-state index in [4.69, 9.17) is 5.26 Å². The van der Waals surface area contributed by atoms with Gasteiger partial charge in [-0.25, -0.2) is 8.42 Å². The Hall–Kier alpha value is -0.940. The second kappa shape index (κ2) is 6.22. The lowest BCUT2D eigenvalue weighted by Gasteiger charge is -2.28. The van der Waals surface area contributed by atoms with Crippen LogP contribution < -0.4 is 5.32 Å². The quantitative estimate of drug-likeness (QED) is 0.899. The number of hydrogen-bond acceptors (Lipinski definition) is 5. The number of hydrogen-bond donors (Lipinski definition) is 1. The Morgan fingerprint density at radius 2 is 2.30 bits per heavy atom. The van der Waals surface area contributed by atoms with Crippen molar-refractivity contribution in [2.45, 2.75) is 43.0 Å². The average Bonchev–Trinajstić information content (AvgIpc) is 3.06. The van der Waals surface area contributed by atoms with Crippen molar-refractivity contribution in [1.29, 1.82) is 5.26 Å². The third kappa shape index (κ3) is 3.20. The minimum absolute atomic E-state index is 0.102. The largest absolute Gasteiger partial charge is 0.313 e. The first-order valence-electron chi connectivity index (χ1n) is 6.70. The van der Waals surface area contributed by atoms with E-state index in [0.717, 1.165) is 30.7 Å². The summed E-state index contributed by atoms with van der Waals surface area (Å²) >= 11 is 1.03. The first kappa shape index (κ1) is 15.4. The van der Waals surface area contributed by atoms with Crippen LogP contribution in [0.2, 0.25) is 0 Å². The number of nitrogens with one attached hydrogen (secondary N) is 1. The Morgan fingerprint density at radius 3 is 2.80 bits per heavy atom. The number of nitriles is 1. The number of rotatable bonds is 5. The molecule has 1 aromatic rings. The molecule has 1 N–H and O–H groups in total. The fourth-order valence-electron chi connectivity index (χ4n) is 2.35. The summed E-state index contributed by atoms with van der Waals surface area (Å²) in [7, 11) is -3.52. The maximum Gasteiger partial charge on any atom is 0.252 e. The van der Waals surface area contributed by atoms with Crippen LogP contribution in [-0.4, -0.2) is 37.9 Å². The van der Waals surface area contributed by atoms with Gasteiger partial charge in [0.1, 0.15) is 15.2 Å². The fraction of sp³-hybridized carbons (Fsp3) is 0.615. The molecule has 1 aliphatic heterocycles. The minimum atomic E-state index is -3.52. The molecule has 110 valence electrons. The molecule has 5 nitrogen and oxygen atoms in total. The van der Waals surface area contributed by atoms with Gasteiger partial charge in [0, 0.05) is 18.6 Å². The molecule has 0 aliphatic carbocycles. The summed E-state index contributed by atoms with van der Waals surface area (Å²) in [5.41, 5.74) is 0. The van der Waals surface area contributed by atoms with Crippen LogP contribution in [0.3, 0.4) is 0 Å². The predicted octanol–water partition coefficient (Wildman–Crippen LogP) is 1.77. The van der Waals surface area contributed by atoms with Crippen molar-refractivity contribution in [1.82, 2.24) is 9.62 Å². The molecule has 2 heterocycles. The third-order valence-electron chi connectivity index (χ3n) is 3.39. The molecule has 20 heavy (non-hydrogen) atoms. The molecule has 1 aromatic heterocycles. The van der Waals surface area contributed by atoms with Gasteiger partial charge in [-0.05, 0) is 45.4 Å². The van der Waals surface area contributed by atoms with E-state index in [1.807, 2.05) is 19.9 Å². The predicted molar refractivity (Wildman–Crippen MR) is 79.1 cm³/mol. The Morgan fingerprint density at radius 1 is 1.55 bits per heavy atom.